The van der Waals surface area contributed by atoms with Crippen LogP contribution in [0.2, 0.25) is 0 Å². The maximum Gasteiger partial charge on any atom is 0.226 e. The zero-order chi connectivity index (χ0) is 18.5. The number of carbonyl (C=O) groups excluding carboxylic acids is 1. The first kappa shape index (κ1) is 19.3. The molecule has 3 rings (SSSR count). The normalized spacial score (nSPS) is 23.7. The number of nitriles is 1. The second-order valence-corrected chi connectivity index (χ2v) is 8.48. The van der Waals surface area contributed by atoms with Gasteiger partial charge in [0, 0.05) is 30.4 Å². The Bertz CT molecular complexity index is 679. The number of anilines is 1. The van der Waals surface area contributed by atoms with Gasteiger partial charge in [0.05, 0.1) is 18.3 Å². The van der Waals surface area contributed by atoms with Crippen molar-refractivity contribution in [1.29, 1.82) is 5.26 Å². The van der Waals surface area contributed by atoms with Crippen LogP contribution in [0.25, 0.3) is 0 Å². The van der Waals surface area contributed by atoms with E-state index in [0.717, 1.165) is 50.4 Å². The van der Waals surface area contributed by atoms with E-state index in [1.165, 1.54) is 23.3 Å². The van der Waals surface area contributed by atoms with Crippen LogP contribution in [0, 0.1) is 11.3 Å². The SMILES string of the molecule is CC[C@H]1CO[C@@H](C)CN1CCC(=O)Nc1sc2c(c1C#N)CCCCC2. The molecule has 1 aliphatic carbocycles. The second kappa shape index (κ2) is 8.98. The number of nitrogens with one attached hydrogen (secondary N) is 1. The van der Waals surface area contributed by atoms with E-state index in [4.69, 9.17) is 4.74 Å². The van der Waals surface area contributed by atoms with Crippen LogP contribution in [0.3, 0.4) is 0 Å². The Hall–Kier alpha value is -1.42. The summed E-state index contributed by atoms with van der Waals surface area (Å²) in [7, 11) is 0. The number of ether oxygens (including phenoxy) is 1. The molecule has 26 heavy (non-hydrogen) atoms. The average molecular weight is 376 g/mol. The van der Waals surface area contributed by atoms with Crippen molar-refractivity contribution in [3.63, 3.8) is 0 Å². The summed E-state index contributed by atoms with van der Waals surface area (Å²) in [5, 5.41) is 13.4. The molecule has 0 spiro atoms. The number of thiophene rings is 1. The van der Waals surface area contributed by atoms with Crippen molar-refractivity contribution in [2.24, 2.45) is 0 Å². The zero-order valence-electron chi connectivity index (χ0n) is 15.8. The molecule has 2 aliphatic rings. The molecule has 1 fully saturated rings. The van der Waals surface area contributed by atoms with Crippen molar-refractivity contribution < 1.29 is 9.53 Å². The molecule has 1 N–H and O–H groups in total. The number of rotatable bonds is 5. The molecular weight excluding hydrogens is 346 g/mol. The van der Waals surface area contributed by atoms with Crippen LogP contribution in [0.4, 0.5) is 5.00 Å². The number of nitrogens with zero attached hydrogens (tertiary/aromatic N) is 2. The Kier molecular flexibility index (Phi) is 6.68. The second-order valence-electron chi connectivity index (χ2n) is 7.38. The zero-order valence-corrected chi connectivity index (χ0v) is 16.7. The maximum absolute atomic E-state index is 12.5. The van der Waals surface area contributed by atoms with Crippen LogP contribution >= 0.6 is 11.3 Å². The summed E-state index contributed by atoms with van der Waals surface area (Å²) in [4.78, 5) is 16.2. The predicted molar refractivity (Wildman–Crippen MR) is 105 cm³/mol. The fraction of sp³-hybridized carbons (Fsp3) is 0.700. The highest BCUT2D eigenvalue weighted by Crippen LogP contribution is 2.37. The van der Waals surface area contributed by atoms with Crippen LogP contribution in [0.15, 0.2) is 0 Å². The summed E-state index contributed by atoms with van der Waals surface area (Å²) in [6.07, 6.45) is 7.26. The highest BCUT2D eigenvalue weighted by molar-refractivity contribution is 7.16. The van der Waals surface area contributed by atoms with E-state index in [9.17, 15) is 10.1 Å². The Morgan fingerprint density at radius 2 is 2.19 bits per heavy atom. The lowest BCUT2D eigenvalue weighted by Crippen LogP contribution is -2.49. The molecule has 1 aromatic heterocycles. The van der Waals surface area contributed by atoms with E-state index in [-0.39, 0.29) is 12.0 Å². The smallest absolute Gasteiger partial charge is 0.226 e. The number of fused-ring (bicyclic) bond motifs is 1. The van der Waals surface area contributed by atoms with Gasteiger partial charge in [-0.1, -0.05) is 13.3 Å². The van der Waals surface area contributed by atoms with Gasteiger partial charge in [0.2, 0.25) is 5.91 Å². The van der Waals surface area contributed by atoms with Gasteiger partial charge in [0.15, 0.2) is 0 Å². The molecule has 2 heterocycles. The third kappa shape index (κ3) is 4.46. The van der Waals surface area contributed by atoms with Gasteiger partial charge in [-0.2, -0.15) is 5.26 Å². The Morgan fingerprint density at radius 3 is 2.96 bits per heavy atom. The lowest BCUT2D eigenvalue weighted by atomic mass is 10.1. The minimum Gasteiger partial charge on any atom is -0.376 e. The summed E-state index contributed by atoms with van der Waals surface area (Å²) in [5.74, 6) is 0.00640. The molecule has 1 aliphatic heterocycles. The molecule has 5 nitrogen and oxygen atoms in total. The number of morpholine rings is 1. The lowest BCUT2D eigenvalue weighted by Gasteiger charge is -2.38. The van der Waals surface area contributed by atoms with Gasteiger partial charge in [-0.25, -0.2) is 0 Å². The molecule has 0 bridgehead atoms. The minimum atomic E-state index is 0.00640. The Labute approximate surface area is 160 Å². The van der Waals surface area contributed by atoms with Crippen molar-refractivity contribution in [1.82, 2.24) is 4.90 Å². The standard InChI is InChI=1S/C20H29N3O2S/c1-3-15-13-25-14(2)12-23(15)10-9-19(24)22-20-17(11-21)16-7-5-4-6-8-18(16)26-20/h14-15H,3-10,12-13H2,1-2H3,(H,22,24)/t14-,15-/m0/s1. The Morgan fingerprint density at radius 1 is 1.38 bits per heavy atom. The third-order valence-corrected chi connectivity index (χ3v) is 6.67. The van der Waals surface area contributed by atoms with Gasteiger partial charge in [-0.15, -0.1) is 11.3 Å². The van der Waals surface area contributed by atoms with Crippen LogP contribution in [-0.2, 0) is 22.4 Å². The van der Waals surface area contributed by atoms with Gasteiger partial charge >= 0.3 is 0 Å². The van der Waals surface area contributed by atoms with E-state index < -0.39 is 0 Å². The van der Waals surface area contributed by atoms with Gasteiger partial charge < -0.3 is 10.1 Å². The minimum absolute atomic E-state index is 0.00640. The summed E-state index contributed by atoms with van der Waals surface area (Å²) >= 11 is 1.61. The fourth-order valence-corrected chi connectivity index (χ4v) is 5.20. The highest BCUT2D eigenvalue weighted by Gasteiger charge is 2.26. The summed E-state index contributed by atoms with van der Waals surface area (Å²) in [6.45, 7) is 6.61. The van der Waals surface area contributed by atoms with E-state index >= 15 is 0 Å². The van der Waals surface area contributed by atoms with E-state index in [1.54, 1.807) is 11.3 Å². The molecule has 0 unspecified atom stereocenters. The number of hydrogen-bond acceptors (Lipinski definition) is 5. The van der Waals surface area contributed by atoms with Crippen molar-refractivity contribution in [3.8, 4) is 6.07 Å². The largest absolute Gasteiger partial charge is 0.376 e. The molecular formula is C20H29N3O2S. The summed E-state index contributed by atoms with van der Waals surface area (Å²) < 4.78 is 5.72. The first-order valence-corrected chi connectivity index (χ1v) is 10.6. The van der Waals surface area contributed by atoms with E-state index in [1.807, 2.05) is 0 Å². The van der Waals surface area contributed by atoms with Gasteiger partial charge in [0.25, 0.3) is 0 Å². The van der Waals surface area contributed by atoms with Crippen LogP contribution in [0.1, 0.15) is 62.0 Å². The van der Waals surface area contributed by atoms with Gasteiger partial charge in [0.1, 0.15) is 11.1 Å². The van der Waals surface area contributed by atoms with E-state index in [2.05, 4.69) is 30.1 Å². The predicted octanol–water partition coefficient (Wildman–Crippen LogP) is 3.72. The fourth-order valence-electron chi connectivity index (χ4n) is 3.95. The first-order valence-electron chi connectivity index (χ1n) is 9.82. The topological polar surface area (TPSA) is 65.4 Å². The number of carbonyl (C=O) groups is 1. The molecule has 0 aromatic carbocycles. The van der Waals surface area contributed by atoms with Crippen LogP contribution < -0.4 is 5.32 Å². The third-order valence-electron chi connectivity index (χ3n) is 5.46. The molecule has 1 aromatic rings. The highest BCUT2D eigenvalue weighted by atomic mass is 32.1. The molecule has 6 heteroatoms. The average Bonchev–Trinajstić information content (AvgIpc) is 2.79. The van der Waals surface area contributed by atoms with Crippen molar-refractivity contribution in [2.45, 2.75) is 70.9 Å². The lowest BCUT2D eigenvalue weighted by molar-refractivity contribution is -0.117. The molecule has 1 amide bonds. The molecule has 2 atom stereocenters. The molecule has 0 radical (unpaired) electrons. The van der Waals surface area contributed by atoms with Crippen LogP contribution in [-0.4, -0.2) is 42.6 Å². The molecule has 142 valence electrons. The number of hydrogen-bond donors (Lipinski definition) is 1. The van der Waals surface area contributed by atoms with Crippen molar-refractivity contribution in [2.75, 3.05) is 25.0 Å². The first-order chi connectivity index (χ1) is 12.6. The van der Waals surface area contributed by atoms with Crippen LogP contribution in [0.5, 0.6) is 0 Å². The number of aryl methyl sites for hydroxylation is 1. The number of amides is 1. The monoisotopic (exact) mass is 375 g/mol. The Balaban J connectivity index is 1.61. The summed E-state index contributed by atoms with van der Waals surface area (Å²) in [6, 6.07) is 2.73. The maximum atomic E-state index is 12.5. The van der Waals surface area contributed by atoms with Crippen molar-refractivity contribution >= 4 is 22.2 Å². The van der Waals surface area contributed by atoms with Crippen molar-refractivity contribution in [3.05, 3.63) is 16.0 Å². The molecule has 1 saturated heterocycles. The molecule has 0 saturated carbocycles. The van der Waals surface area contributed by atoms with E-state index in [0.29, 0.717) is 18.0 Å². The quantitative estimate of drug-likeness (QED) is 0.797. The summed E-state index contributed by atoms with van der Waals surface area (Å²) in [5.41, 5.74) is 1.88. The van der Waals surface area contributed by atoms with Gasteiger partial charge in [-0.3, -0.25) is 9.69 Å². The van der Waals surface area contributed by atoms with Gasteiger partial charge in [-0.05, 0) is 44.6 Å².